The quantitative estimate of drug-likeness (QED) is 0.240. The maximum Gasteiger partial charge on any atom is 0.466 e. The maximum atomic E-state index is 8.88. The highest BCUT2D eigenvalue weighted by molar-refractivity contribution is 7.45. The molecule has 0 atom stereocenters. The van der Waals surface area contributed by atoms with Crippen molar-refractivity contribution in [1.82, 2.24) is 10.2 Å². The summed E-state index contributed by atoms with van der Waals surface area (Å²) in [7, 11) is -7.12. The molecule has 1 rings (SSSR count). The zero-order valence-corrected chi connectivity index (χ0v) is 11.0. The van der Waals surface area contributed by atoms with Crippen LogP contribution in [0.4, 0.5) is 0 Å². The lowest BCUT2D eigenvalue weighted by Crippen LogP contribution is -2.40. The van der Waals surface area contributed by atoms with Crippen molar-refractivity contribution in [3.63, 3.8) is 0 Å². The molecule has 1 saturated heterocycles. The molecule has 0 aromatic carbocycles. The average molecular weight is 296 g/mol. The molecular formula is C5H18N2O8P2. The molecule has 0 saturated carbocycles. The Morgan fingerprint density at radius 3 is 1.24 bits per heavy atom. The Hall–Kier alpha value is 0.140. The van der Waals surface area contributed by atoms with Gasteiger partial charge in [0, 0.05) is 26.2 Å². The molecule has 0 radical (unpaired) electrons. The summed E-state index contributed by atoms with van der Waals surface area (Å²) in [5.74, 6) is 0. The van der Waals surface area contributed by atoms with Gasteiger partial charge in [0.1, 0.15) is 0 Å². The molecule has 0 aromatic rings. The van der Waals surface area contributed by atoms with Crippen LogP contribution >= 0.6 is 15.6 Å². The molecule has 12 heteroatoms. The van der Waals surface area contributed by atoms with Gasteiger partial charge >= 0.3 is 15.6 Å². The van der Waals surface area contributed by atoms with Gasteiger partial charge in [0.2, 0.25) is 0 Å². The van der Waals surface area contributed by atoms with Gasteiger partial charge in [-0.1, -0.05) is 0 Å². The standard InChI is InChI=1S/C5H12N2.2H3O4P/c1-7-4-2-6-3-5-7;2*1-5(2,3)4/h6H,2-5H2,1H3;2*(H3,1,2,3,4). The highest BCUT2D eigenvalue weighted by Gasteiger charge is 2.01. The van der Waals surface area contributed by atoms with Gasteiger partial charge in [-0.3, -0.25) is 0 Å². The number of phosphoric acid groups is 2. The van der Waals surface area contributed by atoms with E-state index >= 15 is 0 Å². The van der Waals surface area contributed by atoms with Crippen molar-refractivity contribution in [2.75, 3.05) is 33.2 Å². The molecule has 1 aliphatic rings. The second kappa shape index (κ2) is 9.12. The first-order chi connectivity index (χ1) is 7.39. The summed E-state index contributed by atoms with van der Waals surface area (Å²) >= 11 is 0. The number of piperazine rings is 1. The molecule has 1 fully saturated rings. The van der Waals surface area contributed by atoms with Gasteiger partial charge in [-0.05, 0) is 7.05 Å². The van der Waals surface area contributed by atoms with E-state index in [1.807, 2.05) is 0 Å². The molecule has 0 unspecified atom stereocenters. The van der Waals surface area contributed by atoms with Gasteiger partial charge in [-0.25, -0.2) is 9.13 Å². The molecule has 106 valence electrons. The van der Waals surface area contributed by atoms with Crippen LogP contribution in [0.2, 0.25) is 0 Å². The number of likely N-dealkylation sites (N-methyl/N-ethyl adjacent to an activating group) is 1. The highest BCUT2D eigenvalue weighted by atomic mass is 31.2. The van der Waals surface area contributed by atoms with E-state index in [0.717, 1.165) is 13.1 Å². The number of hydrogen-bond donors (Lipinski definition) is 7. The van der Waals surface area contributed by atoms with Gasteiger partial charge in [-0.2, -0.15) is 0 Å². The molecule has 1 aliphatic heterocycles. The van der Waals surface area contributed by atoms with Crippen molar-refractivity contribution in [2.24, 2.45) is 0 Å². The molecular weight excluding hydrogens is 278 g/mol. The van der Waals surface area contributed by atoms with Gasteiger partial charge in [0.05, 0.1) is 0 Å². The van der Waals surface area contributed by atoms with Crippen molar-refractivity contribution in [2.45, 2.75) is 0 Å². The molecule has 0 bridgehead atoms. The van der Waals surface area contributed by atoms with Crippen molar-refractivity contribution >= 4 is 15.6 Å². The lowest BCUT2D eigenvalue weighted by atomic mass is 10.4. The topological polar surface area (TPSA) is 171 Å². The van der Waals surface area contributed by atoms with Crippen LogP contribution in [0.15, 0.2) is 0 Å². The predicted octanol–water partition coefficient (Wildman–Crippen LogP) is -2.34. The Kier molecular flexibility index (Phi) is 10.5. The van der Waals surface area contributed by atoms with Gasteiger partial charge in [0.25, 0.3) is 0 Å². The van der Waals surface area contributed by atoms with Crippen LogP contribution < -0.4 is 5.32 Å². The van der Waals surface area contributed by atoms with Gasteiger partial charge < -0.3 is 39.6 Å². The van der Waals surface area contributed by atoms with Gasteiger partial charge in [0.15, 0.2) is 0 Å². The Labute approximate surface area is 98.4 Å². The van der Waals surface area contributed by atoms with E-state index in [1.54, 1.807) is 0 Å². The fourth-order valence-electron chi connectivity index (χ4n) is 0.777. The predicted molar refractivity (Wildman–Crippen MR) is 58.9 cm³/mol. The molecule has 0 spiro atoms. The minimum Gasteiger partial charge on any atom is -0.314 e. The average Bonchev–Trinajstić information content (AvgIpc) is 1.98. The van der Waals surface area contributed by atoms with Crippen LogP contribution in [0.1, 0.15) is 0 Å². The van der Waals surface area contributed by atoms with E-state index in [0.29, 0.717) is 0 Å². The van der Waals surface area contributed by atoms with Crippen LogP contribution in [-0.2, 0) is 9.13 Å². The number of hydrogen-bond acceptors (Lipinski definition) is 4. The molecule has 0 aliphatic carbocycles. The SMILES string of the molecule is CN1CCNCC1.O=P(O)(O)O.O=P(O)(O)O. The van der Waals surface area contributed by atoms with Crippen molar-refractivity contribution in [1.29, 1.82) is 0 Å². The third-order valence-electron chi connectivity index (χ3n) is 1.34. The van der Waals surface area contributed by atoms with Crippen LogP contribution in [0.25, 0.3) is 0 Å². The van der Waals surface area contributed by atoms with Crippen LogP contribution in [-0.4, -0.2) is 67.5 Å². The first-order valence-electron chi connectivity index (χ1n) is 4.35. The Morgan fingerprint density at radius 1 is 0.882 bits per heavy atom. The first-order valence-corrected chi connectivity index (χ1v) is 7.48. The smallest absolute Gasteiger partial charge is 0.314 e. The molecule has 10 nitrogen and oxygen atoms in total. The lowest BCUT2D eigenvalue weighted by molar-refractivity contribution is 0.272. The Bertz CT molecular complexity index is 233. The monoisotopic (exact) mass is 296 g/mol. The molecule has 1 heterocycles. The second-order valence-electron chi connectivity index (χ2n) is 3.08. The fourth-order valence-corrected chi connectivity index (χ4v) is 0.777. The van der Waals surface area contributed by atoms with Crippen LogP contribution in [0.3, 0.4) is 0 Å². The number of rotatable bonds is 0. The molecule has 17 heavy (non-hydrogen) atoms. The Balaban J connectivity index is 0. The van der Waals surface area contributed by atoms with E-state index in [-0.39, 0.29) is 0 Å². The normalized spacial score (nSPS) is 17.4. The van der Waals surface area contributed by atoms with E-state index in [2.05, 4.69) is 17.3 Å². The third-order valence-corrected chi connectivity index (χ3v) is 1.34. The van der Waals surface area contributed by atoms with Crippen LogP contribution in [0, 0.1) is 0 Å². The fraction of sp³-hybridized carbons (Fsp3) is 1.00. The Morgan fingerprint density at radius 2 is 1.12 bits per heavy atom. The summed E-state index contributed by atoms with van der Waals surface area (Å²) < 4.78 is 17.8. The summed E-state index contributed by atoms with van der Waals surface area (Å²) in [5.41, 5.74) is 0. The minimum absolute atomic E-state index is 1.16. The van der Waals surface area contributed by atoms with Crippen molar-refractivity contribution < 1.29 is 38.5 Å². The lowest BCUT2D eigenvalue weighted by Gasteiger charge is -2.21. The largest absolute Gasteiger partial charge is 0.466 e. The van der Waals surface area contributed by atoms with E-state index in [9.17, 15) is 0 Å². The first kappa shape index (κ1) is 19.5. The summed E-state index contributed by atoms with van der Waals surface area (Å²) in [6.45, 7) is 4.74. The maximum absolute atomic E-state index is 8.88. The third kappa shape index (κ3) is 48.7. The van der Waals surface area contributed by atoms with Crippen molar-refractivity contribution in [3.8, 4) is 0 Å². The zero-order valence-electron chi connectivity index (χ0n) is 9.17. The number of nitrogens with zero attached hydrogens (tertiary/aromatic N) is 1. The minimum atomic E-state index is -4.64. The molecule has 7 N–H and O–H groups in total. The molecule has 0 amide bonds. The summed E-state index contributed by atoms with van der Waals surface area (Å²) in [4.78, 5) is 45.5. The second-order valence-corrected chi connectivity index (χ2v) is 5.13. The van der Waals surface area contributed by atoms with Gasteiger partial charge in [-0.15, -0.1) is 0 Å². The van der Waals surface area contributed by atoms with Crippen LogP contribution in [0.5, 0.6) is 0 Å². The van der Waals surface area contributed by atoms with Crippen molar-refractivity contribution in [3.05, 3.63) is 0 Å². The van der Waals surface area contributed by atoms with E-state index in [1.165, 1.54) is 13.1 Å². The van der Waals surface area contributed by atoms with E-state index < -0.39 is 15.6 Å². The summed E-state index contributed by atoms with van der Waals surface area (Å²) in [6.07, 6.45) is 0. The number of nitrogens with one attached hydrogen (secondary N) is 1. The zero-order chi connectivity index (χ0) is 14.1. The summed E-state index contributed by atoms with van der Waals surface area (Å²) in [5, 5.41) is 3.27. The highest BCUT2D eigenvalue weighted by Crippen LogP contribution is 2.26. The molecule has 0 aromatic heterocycles. The summed E-state index contributed by atoms with van der Waals surface area (Å²) in [6, 6.07) is 0. The van der Waals surface area contributed by atoms with E-state index in [4.69, 9.17) is 38.5 Å².